The van der Waals surface area contributed by atoms with E-state index in [-0.39, 0.29) is 11.6 Å². The number of nitrogens with one attached hydrogen (secondary N) is 1. The van der Waals surface area contributed by atoms with Crippen LogP contribution in [0.25, 0.3) is 0 Å². The van der Waals surface area contributed by atoms with Crippen LogP contribution in [0.15, 0.2) is 0 Å². The molecular formula is C6H11N5O. The van der Waals surface area contributed by atoms with Crippen LogP contribution in [-0.4, -0.2) is 19.9 Å². The number of aromatic nitrogens is 3. The van der Waals surface area contributed by atoms with E-state index in [0.717, 1.165) is 6.42 Å². The van der Waals surface area contributed by atoms with Crippen molar-refractivity contribution < 1.29 is 5.21 Å². The van der Waals surface area contributed by atoms with Gasteiger partial charge in [0.05, 0.1) is 0 Å². The molecule has 0 saturated heterocycles. The number of aryl methyl sites for hydroxylation is 1. The van der Waals surface area contributed by atoms with Crippen molar-refractivity contribution in [2.45, 2.75) is 19.8 Å². The summed E-state index contributed by atoms with van der Waals surface area (Å²) in [5, 5.41) is 16.1. The van der Waals surface area contributed by atoms with E-state index in [2.05, 4.69) is 9.97 Å². The lowest BCUT2D eigenvalue weighted by Crippen LogP contribution is -2.26. The molecule has 0 atom stereocenters. The summed E-state index contributed by atoms with van der Waals surface area (Å²) >= 11 is 0. The van der Waals surface area contributed by atoms with Crippen molar-refractivity contribution >= 4 is 5.95 Å². The van der Waals surface area contributed by atoms with Crippen molar-refractivity contribution in [2.24, 2.45) is 0 Å². The minimum Gasteiger partial charge on any atom is -0.422 e. The Morgan fingerprint density at radius 2 is 2.25 bits per heavy atom. The van der Waals surface area contributed by atoms with Gasteiger partial charge in [-0.3, -0.25) is 5.41 Å². The Morgan fingerprint density at radius 1 is 1.58 bits per heavy atom. The van der Waals surface area contributed by atoms with E-state index >= 15 is 0 Å². The van der Waals surface area contributed by atoms with Crippen molar-refractivity contribution in [3.8, 4) is 0 Å². The van der Waals surface area contributed by atoms with Gasteiger partial charge in [-0.1, -0.05) is 6.92 Å². The van der Waals surface area contributed by atoms with Crippen LogP contribution in [-0.2, 0) is 6.42 Å². The molecule has 6 nitrogen and oxygen atoms in total. The van der Waals surface area contributed by atoms with E-state index in [9.17, 15) is 0 Å². The van der Waals surface area contributed by atoms with Gasteiger partial charge in [0.25, 0.3) is 5.62 Å². The second kappa shape index (κ2) is 3.21. The van der Waals surface area contributed by atoms with Crippen LogP contribution >= 0.6 is 0 Å². The second-order valence-electron chi connectivity index (χ2n) is 2.38. The van der Waals surface area contributed by atoms with Gasteiger partial charge in [0.1, 0.15) is 5.82 Å². The summed E-state index contributed by atoms with van der Waals surface area (Å²) in [6.07, 6.45) is 1.55. The topological polar surface area (TPSA) is 101 Å². The average Bonchev–Trinajstić information content (AvgIpc) is 2.01. The highest BCUT2D eigenvalue weighted by Gasteiger charge is 2.01. The SMILES string of the molecule is CCCc1nc(N)n(O)c(=N)n1. The quantitative estimate of drug-likeness (QED) is 0.521. The fourth-order valence-corrected chi connectivity index (χ4v) is 0.818. The second-order valence-corrected chi connectivity index (χ2v) is 2.38. The zero-order valence-corrected chi connectivity index (χ0v) is 6.78. The fourth-order valence-electron chi connectivity index (χ4n) is 0.818. The third-order valence-corrected chi connectivity index (χ3v) is 1.37. The highest BCUT2D eigenvalue weighted by atomic mass is 16.5. The van der Waals surface area contributed by atoms with Gasteiger partial charge < -0.3 is 10.9 Å². The van der Waals surface area contributed by atoms with Gasteiger partial charge in [-0.25, -0.2) is 0 Å². The molecule has 0 radical (unpaired) electrons. The van der Waals surface area contributed by atoms with E-state index < -0.39 is 0 Å². The molecule has 0 aromatic carbocycles. The van der Waals surface area contributed by atoms with Gasteiger partial charge in [-0.2, -0.15) is 9.97 Å². The lowest BCUT2D eigenvalue weighted by Gasteiger charge is -2.02. The van der Waals surface area contributed by atoms with Gasteiger partial charge in [-0.15, -0.1) is 4.73 Å². The number of nitrogen functional groups attached to an aromatic ring is 1. The molecule has 0 bridgehead atoms. The van der Waals surface area contributed by atoms with Crippen molar-refractivity contribution in [2.75, 3.05) is 5.73 Å². The fraction of sp³-hybridized carbons (Fsp3) is 0.500. The first-order chi connectivity index (χ1) is 5.65. The first-order valence-corrected chi connectivity index (χ1v) is 3.64. The number of hydrogen-bond acceptors (Lipinski definition) is 5. The van der Waals surface area contributed by atoms with Crippen LogP contribution in [0, 0.1) is 5.41 Å². The van der Waals surface area contributed by atoms with Crippen LogP contribution in [0.2, 0.25) is 0 Å². The summed E-state index contributed by atoms with van der Waals surface area (Å²) in [7, 11) is 0. The van der Waals surface area contributed by atoms with E-state index in [4.69, 9.17) is 16.4 Å². The zero-order valence-electron chi connectivity index (χ0n) is 6.78. The average molecular weight is 169 g/mol. The molecule has 0 aliphatic rings. The van der Waals surface area contributed by atoms with Crippen LogP contribution < -0.4 is 11.4 Å². The number of anilines is 1. The predicted octanol–water partition coefficient (Wildman–Crippen LogP) is -0.470. The monoisotopic (exact) mass is 169 g/mol. The summed E-state index contributed by atoms with van der Waals surface area (Å²) in [4.78, 5) is 7.49. The van der Waals surface area contributed by atoms with E-state index in [1.807, 2.05) is 6.92 Å². The Labute approximate surface area is 69.2 Å². The standard InChI is InChI=1S/C6H11N5O/c1-2-3-4-9-5(7)11(12)6(8)10-4/h12H,2-3H2,1H3,(H3,7,8,9,10). The van der Waals surface area contributed by atoms with Crippen LogP contribution in [0.5, 0.6) is 0 Å². The molecule has 0 unspecified atom stereocenters. The Bertz CT molecular complexity index is 331. The highest BCUT2D eigenvalue weighted by molar-refractivity contribution is 5.13. The van der Waals surface area contributed by atoms with Gasteiger partial charge in [0, 0.05) is 6.42 Å². The molecule has 12 heavy (non-hydrogen) atoms. The maximum absolute atomic E-state index is 8.98. The number of nitrogens with two attached hydrogens (primary N) is 1. The molecule has 0 amide bonds. The summed E-state index contributed by atoms with van der Waals surface area (Å²) in [5.74, 6) is 0.392. The van der Waals surface area contributed by atoms with Gasteiger partial charge in [0.2, 0.25) is 5.95 Å². The van der Waals surface area contributed by atoms with Crippen molar-refractivity contribution in [1.82, 2.24) is 14.7 Å². The Morgan fingerprint density at radius 3 is 2.75 bits per heavy atom. The first kappa shape index (κ1) is 8.51. The normalized spacial score (nSPS) is 10.1. The Balaban J connectivity index is 3.13. The molecule has 1 aromatic heterocycles. The first-order valence-electron chi connectivity index (χ1n) is 3.64. The molecule has 4 N–H and O–H groups in total. The van der Waals surface area contributed by atoms with E-state index in [1.54, 1.807) is 0 Å². The zero-order chi connectivity index (χ0) is 9.14. The van der Waals surface area contributed by atoms with Crippen LogP contribution in [0.1, 0.15) is 19.2 Å². The minimum absolute atomic E-state index is 0.0987. The molecule has 6 heteroatoms. The Hall–Kier alpha value is -1.59. The Kier molecular flexibility index (Phi) is 2.27. The number of rotatable bonds is 2. The van der Waals surface area contributed by atoms with Crippen molar-refractivity contribution in [1.29, 1.82) is 5.41 Å². The smallest absolute Gasteiger partial charge is 0.261 e. The van der Waals surface area contributed by atoms with Gasteiger partial charge in [0.15, 0.2) is 0 Å². The summed E-state index contributed by atoms with van der Waals surface area (Å²) in [5.41, 5.74) is 5.01. The molecule has 0 fully saturated rings. The minimum atomic E-state index is -0.286. The van der Waals surface area contributed by atoms with Crippen molar-refractivity contribution in [3.63, 3.8) is 0 Å². The summed E-state index contributed by atoms with van der Waals surface area (Å²) < 4.78 is 0.444. The highest BCUT2D eigenvalue weighted by Crippen LogP contribution is 1.94. The van der Waals surface area contributed by atoms with Gasteiger partial charge in [-0.05, 0) is 6.42 Å². The number of nitrogens with zero attached hydrogens (tertiary/aromatic N) is 3. The lowest BCUT2D eigenvalue weighted by atomic mass is 10.3. The third kappa shape index (κ3) is 1.52. The molecule has 0 saturated carbocycles. The van der Waals surface area contributed by atoms with E-state index in [0.29, 0.717) is 17.0 Å². The molecular weight excluding hydrogens is 158 g/mol. The maximum atomic E-state index is 8.98. The molecule has 0 aliphatic carbocycles. The van der Waals surface area contributed by atoms with E-state index in [1.165, 1.54) is 0 Å². The summed E-state index contributed by atoms with van der Waals surface area (Å²) in [6.45, 7) is 1.98. The van der Waals surface area contributed by atoms with Crippen LogP contribution in [0.4, 0.5) is 5.95 Å². The molecule has 0 spiro atoms. The van der Waals surface area contributed by atoms with Crippen molar-refractivity contribution in [3.05, 3.63) is 11.4 Å². The predicted molar refractivity (Wildman–Crippen MR) is 41.5 cm³/mol. The lowest BCUT2D eigenvalue weighted by molar-refractivity contribution is 0.167. The molecule has 1 rings (SSSR count). The third-order valence-electron chi connectivity index (χ3n) is 1.37. The molecule has 1 heterocycles. The molecule has 0 aliphatic heterocycles. The molecule has 1 aromatic rings. The largest absolute Gasteiger partial charge is 0.422 e. The number of hydrogen-bond donors (Lipinski definition) is 3. The maximum Gasteiger partial charge on any atom is 0.261 e. The summed E-state index contributed by atoms with van der Waals surface area (Å²) in [6, 6.07) is 0. The van der Waals surface area contributed by atoms with Gasteiger partial charge >= 0.3 is 0 Å². The van der Waals surface area contributed by atoms with Crippen LogP contribution in [0.3, 0.4) is 0 Å². The molecule has 66 valence electrons.